The molecule has 4 nitrogen and oxygen atoms in total. The van der Waals surface area contributed by atoms with Crippen LogP contribution in [0.1, 0.15) is 38.3 Å². The van der Waals surface area contributed by atoms with Gasteiger partial charge in [0.25, 0.3) is 0 Å². The van der Waals surface area contributed by atoms with Gasteiger partial charge in [-0.25, -0.2) is 0 Å². The first-order valence-electron chi connectivity index (χ1n) is 8.96. The van der Waals surface area contributed by atoms with Crippen LogP contribution in [0, 0.1) is 5.41 Å². The van der Waals surface area contributed by atoms with Crippen LogP contribution in [-0.2, 0) is 31.6 Å². The van der Waals surface area contributed by atoms with Gasteiger partial charge in [0.05, 0.1) is 19.8 Å². The first-order valence-corrected chi connectivity index (χ1v) is 10.7. The molecule has 26 heavy (non-hydrogen) atoms. The molecule has 0 aliphatic rings. The highest BCUT2D eigenvalue weighted by Gasteiger charge is 2.27. The molecule has 2 rings (SSSR count). The zero-order chi connectivity index (χ0) is 18.9. The molecule has 0 N–H and O–H groups in total. The van der Waals surface area contributed by atoms with Crippen LogP contribution in [0.2, 0.25) is 0 Å². The van der Waals surface area contributed by atoms with Gasteiger partial charge < -0.3 is 13.8 Å². The van der Waals surface area contributed by atoms with Crippen LogP contribution in [0.3, 0.4) is 0 Å². The minimum Gasteiger partial charge on any atom is -0.368 e. The summed E-state index contributed by atoms with van der Waals surface area (Å²) in [5, 5.41) is 0. The van der Waals surface area contributed by atoms with E-state index in [0.717, 1.165) is 17.5 Å². The maximum absolute atomic E-state index is 13.2. The third-order valence-electron chi connectivity index (χ3n) is 4.24. The minimum atomic E-state index is -3.37. The Kier molecular flexibility index (Phi) is 8.05. The monoisotopic (exact) mass is 376 g/mol. The zero-order valence-corrected chi connectivity index (χ0v) is 16.8. The predicted molar refractivity (Wildman–Crippen MR) is 105 cm³/mol. The van der Waals surface area contributed by atoms with Crippen molar-refractivity contribution in [3.05, 3.63) is 71.8 Å². The predicted octanol–water partition coefficient (Wildman–Crippen LogP) is 6.02. The number of benzene rings is 2. The second-order valence-corrected chi connectivity index (χ2v) is 9.12. The van der Waals surface area contributed by atoms with Crippen LogP contribution < -0.4 is 0 Å². The van der Waals surface area contributed by atoms with Gasteiger partial charge in [-0.1, -0.05) is 81.4 Å². The van der Waals surface area contributed by atoms with E-state index in [1.165, 1.54) is 0 Å². The first-order chi connectivity index (χ1) is 12.4. The lowest BCUT2D eigenvalue weighted by Gasteiger charge is -2.24. The number of ether oxygens (including phenoxy) is 1. The summed E-state index contributed by atoms with van der Waals surface area (Å²) < 4.78 is 30.3. The van der Waals surface area contributed by atoms with Crippen molar-refractivity contribution in [1.82, 2.24) is 0 Å². The zero-order valence-electron chi connectivity index (χ0n) is 15.9. The number of hydrogen-bond acceptors (Lipinski definition) is 4. The number of hydrogen-bond donors (Lipinski definition) is 0. The van der Waals surface area contributed by atoms with Crippen LogP contribution in [0.25, 0.3) is 0 Å². The summed E-state index contributed by atoms with van der Waals surface area (Å²) >= 11 is 0. The normalized spacial score (nSPS) is 12.3. The Balaban J connectivity index is 1.97. The van der Waals surface area contributed by atoms with Crippen molar-refractivity contribution >= 4 is 7.60 Å². The van der Waals surface area contributed by atoms with Gasteiger partial charge in [-0.15, -0.1) is 0 Å². The molecule has 0 atom stereocenters. The molecular formula is C21H29O4P. The van der Waals surface area contributed by atoms with Crippen LogP contribution >= 0.6 is 7.60 Å². The van der Waals surface area contributed by atoms with E-state index in [9.17, 15) is 4.57 Å². The second-order valence-electron chi connectivity index (χ2n) is 7.12. The first kappa shape index (κ1) is 20.9. The molecule has 0 aliphatic carbocycles. The molecule has 0 heterocycles. The average molecular weight is 376 g/mol. The van der Waals surface area contributed by atoms with Gasteiger partial charge in [0.2, 0.25) is 0 Å². The largest absolute Gasteiger partial charge is 0.368 e. The van der Waals surface area contributed by atoms with Gasteiger partial charge >= 0.3 is 7.60 Å². The van der Waals surface area contributed by atoms with E-state index in [1.807, 2.05) is 60.7 Å². The van der Waals surface area contributed by atoms with E-state index >= 15 is 0 Å². The third kappa shape index (κ3) is 7.43. The minimum absolute atomic E-state index is 0.0314. The molecule has 0 saturated heterocycles. The Bertz CT molecular complexity index is 638. The Morgan fingerprint density at radius 3 is 1.73 bits per heavy atom. The molecule has 0 saturated carbocycles. The van der Waals surface area contributed by atoms with Gasteiger partial charge in [0, 0.05) is 0 Å². The second kappa shape index (κ2) is 10.0. The summed E-state index contributed by atoms with van der Waals surface area (Å²) in [5.41, 5.74) is 1.93. The highest BCUT2D eigenvalue weighted by Crippen LogP contribution is 2.50. The third-order valence-corrected chi connectivity index (χ3v) is 5.78. The van der Waals surface area contributed by atoms with Gasteiger partial charge in [0.1, 0.15) is 6.35 Å². The van der Waals surface area contributed by atoms with Crippen molar-refractivity contribution in [3.8, 4) is 0 Å². The lowest BCUT2D eigenvalue weighted by Crippen LogP contribution is -2.19. The van der Waals surface area contributed by atoms with Crippen LogP contribution in [0.4, 0.5) is 0 Å². The van der Waals surface area contributed by atoms with Crippen molar-refractivity contribution in [2.45, 2.75) is 40.4 Å². The fraction of sp³-hybridized carbons (Fsp3) is 0.429. The van der Waals surface area contributed by atoms with Crippen LogP contribution in [0.5, 0.6) is 0 Å². The Morgan fingerprint density at radius 2 is 1.31 bits per heavy atom. The molecule has 0 unspecified atom stereocenters. The molecule has 0 spiro atoms. The van der Waals surface area contributed by atoms with Gasteiger partial charge in [0.15, 0.2) is 0 Å². The molecule has 0 fully saturated rings. The van der Waals surface area contributed by atoms with Crippen molar-refractivity contribution in [2.75, 3.05) is 13.0 Å². The summed E-state index contributed by atoms with van der Waals surface area (Å²) in [6.07, 6.45) is 0.934. The summed E-state index contributed by atoms with van der Waals surface area (Å²) in [6, 6.07) is 19.3. The molecule has 0 aromatic heterocycles. The van der Waals surface area contributed by atoms with Crippen molar-refractivity contribution in [2.24, 2.45) is 5.41 Å². The molecule has 0 radical (unpaired) electrons. The smallest absolute Gasteiger partial charge is 0.356 e. The topological polar surface area (TPSA) is 44.8 Å². The van der Waals surface area contributed by atoms with E-state index in [4.69, 9.17) is 13.8 Å². The van der Waals surface area contributed by atoms with Gasteiger partial charge in [-0.05, 0) is 23.0 Å². The standard InChI is InChI=1S/C21H29O4P/c1-4-21(2,3)17-23-18-26(22,24-15-19-11-7-5-8-12-19)25-16-20-13-9-6-10-14-20/h5-14H,4,15-18H2,1-3H3. The van der Waals surface area contributed by atoms with E-state index in [1.54, 1.807) is 0 Å². The highest BCUT2D eigenvalue weighted by atomic mass is 31.2. The van der Waals surface area contributed by atoms with Crippen LogP contribution in [-0.4, -0.2) is 13.0 Å². The summed E-state index contributed by atoms with van der Waals surface area (Å²) in [4.78, 5) is 0. The van der Waals surface area contributed by atoms with E-state index < -0.39 is 7.60 Å². The highest BCUT2D eigenvalue weighted by molar-refractivity contribution is 7.53. The van der Waals surface area contributed by atoms with Crippen molar-refractivity contribution in [1.29, 1.82) is 0 Å². The molecule has 2 aromatic carbocycles. The van der Waals surface area contributed by atoms with Crippen molar-refractivity contribution in [3.63, 3.8) is 0 Å². The maximum atomic E-state index is 13.2. The van der Waals surface area contributed by atoms with Gasteiger partial charge in [-0.2, -0.15) is 0 Å². The van der Waals surface area contributed by atoms with Gasteiger partial charge in [-0.3, -0.25) is 4.57 Å². The fourth-order valence-corrected chi connectivity index (χ4v) is 3.37. The fourth-order valence-electron chi connectivity index (χ4n) is 2.14. The maximum Gasteiger partial charge on any atom is 0.356 e. The molecule has 5 heteroatoms. The van der Waals surface area contributed by atoms with Crippen molar-refractivity contribution < 1.29 is 18.3 Å². The molecule has 142 valence electrons. The molecular weight excluding hydrogens is 347 g/mol. The molecule has 0 amide bonds. The van der Waals surface area contributed by atoms with Crippen LogP contribution in [0.15, 0.2) is 60.7 Å². The summed E-state index contributed by atoms with van der Waals surface area (Å²) in [6.45, 7) is 7.32. The Labute approximate surface area is 157 Å². The van der Waals surface area contributed by atoms with E-state index in [-0.39, 0.29) is 25.0 Å². The quantitative estimate of drug-likeness (QED) is 0.450. The average Bonchev–Trinajstić information content (AvgIpc) is 2.66. The SMILES string of the molecule is CCC(C)(C)COCP(=O)(OCc1ccccc1)OCc1ccccc1. The molecule has 0 bridgehead atoms. The Morgan fingerprint density at radius 1 is 0.846 bits per heavy atom. The van der Waals surface area contributed by atoms with E-state index in [2.05, 4.69) is 20.8 Å². The Hall–Kier alpha value is -1.45. The lowest BCUT2D eigenvalue weighted by molar-refractivity contribution is 0.0674. The van der Waals surface area contributed by atoms with E-state index in [0.29, 0.717) is 6.61 Å². The molecule has 2 aromatic rings. The number of rotatable bonds is 11. The summed E-state index contributed by atoms with van der Waals surface area (Å²) in [5.74, 6) is 0. The molecule has 0 aliphatic heterocycles. The summed E-state index contributed by atoms with van der Waals surface area (Å²) in [7, 11) is -3.37. The lowest BCUT2D eigenvalue weighted by atomic mass is 9.92.